The number of hydrogen-bond donors (Lipinski definition) is 1. The van der Waals surface area contributed by atoms with Gasteiger partial charge < -0.3 is 9.88 Å². The van der Waals surface area contributed by atoms with Crippen molar-refractivity contribution >= 4 is 17.5 Å². The third-order valence-electron chi connectivity index (χ3n) is 4.00. The van der Waals surface area contributed by atoms with Crippen molar-refractivity contribution in [2.24, 2.45) is 7.05 Å². The molecule has 24 heavy (non-hydrogen) atoms. The number of halogens is 1. The number of hydrogen-bond acceptors (Lipinski definition) is 2. The first kappa shape index (κ1) is 16.3. The van der Waals surface area contributed by atoms with Gasteiger partial charge in [-0.25, -0.2) is 4.98 Å². The van der Waals surface area contributed by atoms with Crippen molar-refractivity contribution in [1.29, 1.82) is 0 Å². The van der Waals surface area contributed by atoms with Crippen molar-refractivity contribution in [3.63, 3.8) is 0 Å². The molecule has 3 rings (SSSR count). The van der Waals surface area contributed by atoms with E-state index in [1.165, 1.54) is 0 Å². The highest BCUT2D eigenvalue weighted by Crippen LogP contribution is 2.24. The van der Waals surface area contributed by atoms with Crippen LogP contribution in [0.4, 0.5) is 0 Å². The number of amides is 1. The highest BCUT2D eigenvalue weighted by molar-refractivity contribution is 6.30. The lowest BCUT2D eigenvalue weighted by Crippen LogP contribution is -2.31. The maximum absolute atomic E-state index is 12.7. The van der Waals surface area contributed by atoms with Crippen LogP contribution in [0.15, 0.2) is 60.9 Å². The quantitative estimate of drug-likeness (QED) is 0.783. The van der Waals surface area contributed by atoms with Gasteiger partial charge in [0.15, 0.2) is 0 Å². The summed E-state index contributed by atoms with van der Waals surface area (Å²) in [5.74, 6) is 0.620. The summed E-state index contributed by atoms with van der Waals surface area (Å²) in [4.78, 5) is 17.1. The first-order chi connectivity index (χ1) is 11.6. The zero-order valence-corrected chi connectivity index (χ0v) is 14.3. The van der Waals surface area contributed by atoms with Crippen LogP contribution in [0.3, 0.4) is 0 Å². The van der Waals surface area contributed by atoms with Gasteiger partial charge in [-0.05, 0) is 42.3 Å². The number of rotatable bonds is 4. The first-order valence-corrected chi connectivity index (χ1v) is 8.03. The van der Waals surface area contributed by atoms with E-state index in [4.69, 9.17) is 11.6 Å². The second-order valence-corrected chi connectivity index (χ2v) is 6.10. The predicted octanol–water partition coefficient (Wildman–Crippen LogP) is 3.90. The fraction of sp³-hybridized carbons (Fsp3) is 0.158. The minimum absolute atomic E-state index is 0.164. The summed E-state index contributed by atoms with van der Waals surface area (Å²) >= 11 is 5.90. The average molecular weight is 340 g/mol. The summed E-state index contributed by atoms with van der Waals surface area (Å²) in [7, 11) is 1.92. The highest BCUT2D eigenvalue weighted by Gasteiger charge is 2.22. The summed E-state index contributed by atoms with van der Waals surface area (Å²) in [6, 6.07) is 14.5. The Morgan fingerprint density at radius 1 is 1.17 bits per heavy atom. The van der Waals surface area contributed by atoms with E-state index in [0.717, 1.165) is 17.0 Å². The zero-order valence-electron chi connectivity index (χ0n) is 13.5. The number of aryl methyl sites for hydroxylation is 2. The summed E-state index contributed by atoms with van der Waals surface area (Å²) < 4.78 is 1.92. The van der Waals surface area contributed by atoms with Gasteiger partial charge in [0.05, 0.1) is 0 Å². The van der Waals surface area contributed by atoms with Crippen LogP contribution in [0.1, 0.15) is 33.4 Å². The number of carbonyl (C=O) groups is 1. The van der Waals surface area contributed by atoms with Crippen molar-refractivity contribution in [2.75, 3.05) is 0 Å². The molecule has 4 nitrogen and oxygen atoms in total. The van der Waals surface area contributed by atoms with Gasteiger partial charge in [-0.15, -0.1) is 0 Å². The highest BCUT2D eigenvalue weighted by atomic mass is 35.5. The van der Waals surface area contributed by atoms with Crippen LogP contribution in [0.25, 0.3) is 0 Å². The Kier molecular flexibility index (Phi) is 4.67. The molecular weight excluding hydrogens is 322 g/mol. The van der Waals surface area contributed by atoms with Gasteiger partial charge in [0.25, 0.3) is 5.91 Å². The second-order valence-electron chi connectivity index (χ2n) is 5.67. The molecular formula is C19H18ClN3O. The normalized spacial score (nSPS) is 12.0. The third kappa shape index (κ3) is 3.34. The van der Waals surface area contributed by atoms with Crippen LogP contribution in [0.5, 0.6) is 0 Å². The molecule has 0 fully saturated rings. The van der Waals surface area contributed by atoms with E-state index in [1.54, 1.807) is 30.5 Å². The molecule has 0 radical (unpaired) electrons. The molecule has 122 valence electrons. The van der Waals surface area contributed by atoms with Gasteiger partial charge >= 0.3 is 0 Å². The second kappa shape index (κ2) is 6.89. The standard InChI is InChI=1S/C19H18ClN3O/c1-13-5-3-4-6-16(13)17(18-21-11-12-23(18)2)22-19(24)14-7-9-15(20)10-8-14/h3-12,17H,1-2H3,(H,22,24). The van der Waals surface area contributed by atoms with Gasteiger partial charge in [0.1, 0.15) is 11.9 Å². The third-order valence-corrected chi connectivity index (χ3v) is 4.25. The van der Waals surface area contributed by atoms with E-state index in [0.29, 0.717) is 10.6 Å². The molecule has 1 N–H and O–H groups in total. The zero-order chi connectivity index (χ0) is 17.1. The van der Waals surface area contributed by atoms with Crippen LogP contribution in [-0.2, 0) is 7.05 Å². The van der Waals surface area contributed by atoms with E-state index in [2.05, 4.69) is 10.3 Å². The van der Waals surface area contributed by atoms with E-state index < -0.39 is 0 Å². The topological polar surface area (TPSA) is 46.9 Å². The summed E-state index contributed by atoms with van der Waals surface area (Å²) in [5, 5.41) is 3.69. The molecule has 0 saturated carbocycles. The Morgan fingerprint density at radius 2 is 1.88 bits per heavy atom. The minimum Gasteiger partial charge on any atom is -0.338 e. The summed E-state index contributed by atoms with van der Waals surface area (Å²) in [5.41, 5.74) is 2.68. The van der Waals surface area contributed by atoms with E-state index >= 15 is 0 Å². The number of carbonyl (C=O) groups excluding carboxylic acids is 1. The lowest BCUT2D eigenvalue weighted by atomic mass is 10.00. The minimum atomic E-state index is -0.325. The maximum atomic E-state index is 12.7. The Bertz CT molecular complexity index is 855. The first-order valence-electron chi connectivity index (χ1n) is 7.65. The van der Waals surface area contributed by atoms with Crippen molar-refractivity contribution in [2.45, 2.75) is 13.0 Å². The molecule has 1 amide bonds. The van der Waals surface area contributed by atoms with Gasteiger partial charge in [0.2, 0.25) is 0 Å². The number of aromatic nitrogens is 2. The van der Waals surface area contributed by atoms with Crippen LogP contribution in [0.2, 0.25) is 5.02 Å². The Labute approximate surface area is 146 Å². The molecule has 2 aromatic carbocycles. The van der Waals surface area contributed by atoms with Gasteiger partial charge in [-0.2, -0.15) is 0 Å². The molecule has 1 atom stereocenters. The number of nitrogens with one attached hydrogen (secondary N) is 1. The van der Waals surface area contributed by atoms with E-state index in [9.17, 15) is 4.79 Å². The fourth-order valence-electron chi connectivity index (χ4n) is 2.66. The van der Waals surface area contributed by atoms with Crippen LogP contribution < -0.4 is 5.32 Å². The molecule has 0 saturated heterocycles. The Hall–Kier alpha value is -2.59. The van der Waals surface area contributed by atoms with E-state index in [-0.39, 0.29) is 11.9 Å². The molecule has 0 spiro atoms. The number of nitrogens with zero attached hydrogens (tertiary/aromatic N) is 2. The molecule has 1 heterocycles. The lowest BCUT2D eigenvalue weighted by Gasteiger charge is -2.21. The SMILES string of the molecule is Cc1ccccc1C(NC(=O)c1ccc(Cl)cc1)c1nccn1C. The molecule has 0 aliphatic heterocycles. The van der Waals surface area contributed by atoms with Crippen LogP contribution in [-0.4, -0.2) is 15.5 Å². The molecule has 1 aromatic heterocycles. The molecule has 1 unspecified atom stereocenters. The summed E-state index contributed by atoms with van der Waals surface area (Å²) in [6.45, 7) is 2.03. The van der Waals surface area contributed by atoms with Crippen molar-refractivity contribution in [3.05, 3.63) is 88.5 Å². The Balaban J connectivity index is 1.97. The van der Waals surface area contributed by atoms with Crippen molar-refractivity contribution < 1.29 is 4.79 Å². The molecule has 5 heteroatoms. The van der Waals surface area contributed by atoms with Gasteiger partial charge in [-0.3, -0.25) is 4.79 Å². The van der Waals surface area contributed by atoms with Gasteiger partial charge in [-0.1, -0.05) is 35.9 Å². The van der Waals surface area contributed by atoms with Crippen molar-refractivity contribution in [3.8, 4) is 0 Å². The van der Waals surface area contributed by atoms with Crippen LogP contribution in [0, 0.1) is 6.92 Å². The average Bonchev–Trinajstić information content (AvgIpc) is 3.00. The maximum Gasteiger partial charge on any atom is 0.252 e. The van der Waals surface area contributed by atoms with Crippen molar-refractivity contribution in [1.82, 2.24) is 14.9 Å². The number of imidazole rings is 1. The lowest BCUT2D eigenvalue weighted by molar-refractivity contribution is 0.0941. The number of benzene rings is 2. The largest absolute Gasteiger partial charge is 0.338 e. The monoisotopic (exact) mass is 339 g/mol. The molecule has 3 aromatic rings. The fourth-order valence-corrected chi connectivity index (χ4v) is 2.79. The molecule has 0 aliphatic rings. The summed E-state index contributed by atoms with van der Waals surface area (Å²) in [6.07, 6.45) is 3.60. The Morgan fingerprint density at radius 3 is 2.50 bits per heavy atom. The predicted molar refractivity (Wildman–Crippen MR) is 95.1 cm³/mol. The molecule has 0 bridgehead atoms. The molecule has 0 aliphatic carbocycles. The van der Waals surface area contributed by atoms with E-state index in [1.807, 2.05) is 49.0 Å². The smallest absolute Gasteiger partial charge is 0.252 e. The van der Waals surface area contributed by atoms with Gasteiger partial charge in [0, 0.05) is 30.0 Å². The van der Waals surface area contributed by atoms with Crippen LogP contribution >= 0.6 is 11.6 Å².